The number of benzene rings is 3. The van der Waals surface area contributed by atoms with E-state index in [0.29, 0.717) is 46.8 Å². The first kappa shape index (κ1) is 30.9. The van der Waals surface area contributed by atoms with Gasteiger partial charge in [0.05, 0.1) is 30.9 Å². The SMILES string of the molecule is C[C@@H]1[C@@H]([Si](C)(C)F)[C@H](CC(=O)N2CCC[C@H]2CO)O[C@@]12C(=O)N(c1ccccc1)c1ccc(NC(=O)c3ccc(N)cc3)cc12. The number of hydrogen-bond donors (Lipinski definition) is 3. The normalized spacial score (nSPS) is 26.0. The Morgan fingerprint density at radius 3 is 2.49 bits per heavy atom. The molecular formula is C34H39FN4O5Si. The van der Waals surface area contributed by atoms with E-state index in [1.807, 2.05) is 37.3 Å². The van der Waals surface area contributed by atoms with Crippen LogP contribution in [0.15, 0.2) is 72.8 Å². The number of para-hydroxylation sites is 1. The molecule has 0 radical (unpaired) electrons. The second-order valence-electron chi connectivity index (χ2n) is 12.8. The summed E-state index contributed by atoms with van der Waals surface area (Å²) < 4.78 is 23.1. The van der Waals surface area contributed by atoms with Crippen molar-refractivity contribution in [2.75, 3.05) is 29.1 Å². The number of nitrogens with two attached hydrogens (primary N) is 1. The van der Waals surface area contributed by atoms with E-state index in [1.165, 1.54) is 0 Å². The number of halogens is 1. The molecular weight excluding hydrogens is 591 g/mol. The van der Waals surface area contributed by atoms with E-state index in [4.69, 9.17) is 10.5 Å². The number of fused-ring (bicyclic) bond motifs is 2. The Bertz CT molecular complexity index is 1620. The second kappa shape index (κ2) is 11.7. The maximum Gasteiger partial charge on any atom is 0.268 e. The van der Waals surface area contributed by atoms with Crippen LogP contribution < -0.4 is 16.0 Å². The van der Waals surface area contributed by atoms with Crippen molar-refractivity contribution < 1.29 is 28.3 Å². The Labute approximate surface area is 263 Å². The highest BCUT2D eigenvalue weighted by Gasteiger charge is 2.67. The van der Waals surface area contributed by atoms with Crippen molar-refractivity contribution in [1.29, 1.82) is 0 Å². The van der Waals surface area contributed by atoms with Crippen LogP contribution in [0.25, 0.3) is 0 Å². The first-order valence-electron chi connectivity index (χ1n) is 15.4. The van der Waals surface area contributed by atoms with Gasteiger partial charge in [-0.05, 0) is 80.5 Å². The molecule has 0 unspecified atom stereocenters. The fourth-order valence-corrected chi connectivity index (χ4v) is 10.1. The van der Waals surface area contributed by atoms with Crippen LogP contribution in [0.4, 0.5) is 26.9 Å². The summed E-state index contributed by atoms with van der Waals surface area (Å²) in [6, 6.07) is 20.7. The minimum absolute atomic E-state index is 0.0882. The van der Waals surface area contributed by atoms with Gasteiger partial charge >= 0.3 is 0 Å². The summed E-state index contributed by atoms with van der Waals surface area (Å²) in [5.41, 5.74) is 6.66. The quantitative estimate of drug-likeness (QED) is 0.184. The molecule has 4 N–H and O–H groups in total. The molecule has 9 nitrogen and oxygen atoms in total. The van der Waals surface area contributed by atoms with Crippen molar-refractivity contribution in [3.05, 3.63) is 83.9 Å². The molecule has 11 heteroatoms. The van der Waals surface area contributed by atoms with E-state index in [9.17, 15) is 19.5 Å². The standard InChI is InChI=1S/C34H39FN4O5Si/c1-21-31(45(2,3)35)29(19-30(41)38-17-7-10-26(38)20-40)44-34(21)27-18-24(37-32(42)22-11-13-23(36)14-12-22)15-16-28(27)39(33(34)43)25-8-5-4-6-9-25/h4-6,8-9,11-16,18,21,26,29,31,40H,7,10,17,19-20,36H2,1-3H3,(H,37,42)/t21-,26+,29+,31-,34+/m1/s1. The van der Waals surface area contributed by atoms with Gasteiger partial charge in [0.2, 0.25) is 14.3 Å². The maximum absolute atomic E-state index is 16.3. The molecule has 3 aromatic rings. The summed E-state index contributed by atoms with van der Waals surface area (Å²) in [6.07, 6.45) is 0.566. The average Bonchev–Trinajstić information content (AvgIpc) is 3.67. The molecule has 5 atom stereocenters. The summed E-state index contributed by atoms with van der Waals surface area (Å²) >= 11 is 0. The first-order chi connectivity index (χ1) is 21.5. The number of nitrogens with one attached hydrogen (secondary N) is 1. The molecule has 2 fully saturated rings. The van der Waals surface area contributed by atoms with Gasteiger partial charge in [-0.2, -0.15) is 0 Å². The Morgan fingerprint density at radius 2 is 1.82 bits per heavy atom. The number of nitrogens with zero attached hydrogens (tertiary/aromatic N) is 2. The molecule has 236 valence electrons. The number of carbonyl (C=O) groups is 3. The number of anilines is 4. The lowest BCUT2D eigenvalue weighted by atomic mass is 9.82. The van der Waals surface area contributed by atoms with Crippen LogP contribution >= 0.6 is 0 Å². The van der Waals surface area contributed by atoms with Crippen LogP contribution in [-0.2, 0) is 19.9 Å². The maximum atomic E-state index is 16.3. The third-order valence-electron chi connectivity index (χ3n) is 9.60. The Hall–Kier alpha value is -4.06. The monoisotopic (exact) mass is 630 g/mol. The molecule has 3 aliphatic rings. The number of aliphatic hydroxyl groups is 1. The van der Waals surface area contributed by atoms with Gasteiger partial charge in [-0.1, -0.05) is 25.1 Å². The molecule has 6 rings (SSSR count). The van der Waals surface area contributed by atoms with Crippen LogP contribution in [0, 0.1) is 5.92 Å². The third kappa shape index (κ3) is 5.32. The molecule has 3 heterocycles. The van der Waals surface area contributed by atoms with Gasteiger partial charge in [-0.15, -0.1) is 0 Å². The minimum Gasteiger partial charge on any atom is -0.399 e. The van der Waals surface area contributed by atoms with Gasteiger partial charge in [-0.3, -0.25) is 19.3 Å². The summed E-state index contributed by atoms with van der Waals surface area (Å²) in [7, 11) is -3.51. The average molecular weight is 631 g/mol. The van der Waals surface area contributed by atoms with Crippen molar-refractivity contribution in [2.24, 2.45) is 5.92 Å². The van der Waals surface area contributed by atoms with E-state index in [-0.39, 0.29) is 36.8 Å². The van der Waals surface area contributed by atoms with Crippen LogP contribution in [-0.4, -0.2) is 61.4 Å². The molecule has 0 saturated carbocycles. The third-order valence-corrected chi connectivity index (χ3v) is 12.1. The van der Waals surface area contributed by atoms with Crippen LogP contribution in [0.2, 0.25) is 18.6 Å². The Morgan fingerprint density at radius 1 is 1.11 bits per heavy atom. The van der Waals surface area contributed by atoms with Gasteiger partial charge in [0, 0.05) is 46.2 Å². The number of carbonyl (C=O) groups excluding carboxylic acids is 3. The van der Waals surface area contributed by atoms with Gasteiger partial charge in [0.1, 0.15) is 0 Å². The molecule has 3 amide bonds. The van der Waals surface area contributed by atoms with Crippen LogP contribution in [0.5, 0.6) is 0 Å². The summed E-state index contributed by atoms with van der Waals surface area (Å²) in [5.74, 6) is -1.53. The summed E-state index contributed by atoms with van der Waals surface area (Å²) in [5, 5.41) is 12.7. The highest BCUT2D eigenvalue weighted by atomic mass is 28.4. The smallest absolute Gasteiger partial charge is 0.268 e. The largest absolute Gasteiger partial charge is 0.399 e. The molecule has 0 aliphatic carbocycles. The first-order valence-corrected chi connectivity index (χ1v) is 18.4. The van der Waals surface area contributed by atoms with Gasteiger partial charge in [-0.25, -0.2) is 0 Å². The van der Waals surface area contributed by atoms with Gasteiger partial charge in [0.15, 0.2) is 5.60 Å². The molecule has 45 heavy (non-hydrogen) atoms. The predicted molar refractivity (Wildman–Crippen MR) is 173 cm³/mol. The highest BCUT2D eigenvalue weighted by Crippen LogP contribution is 2.61. The number of hydrogen-bond acceptors (Lipinski definition) is 6. The number of aliphatic hydroxyl groups excluding tert-OH is 1. The van der Waals surface area contributed by atoms with E-state index in [2.05, 4.69) is 5.32 Å². The van der Waals surface area contributed by atoms with Crippen LogP contribution in [0.1, 0.15) is 42.1 Å². The van der Waals surface area contributed by atoms with E-state index < -0.39 is 31.6 Å². The number of rotatable bonds is 7. The van der Waals surface area contributed by atoms with E-state index in [1.54, 1.807) is 65.4 Å². The van der Waals surface area contributed by atoms with Crippen molar-refractivity contribution >= 4 is 48.9 Å². The van der Waals surface area contributed by atoms with E-state index in [0.717, 1.165) is 6.42 Å². The Balaban J connectivity index is 1.42. The summed E-state index contributed by atoms with van der Waals surface area (Å²) in [6.45, 7) is 5.43. The minimum atomic E-state index is -3.51. The number of nitrogen functional groups attached to an aromatic ring is 1. The van der Waals surface area contributed by atoms with Crippen LogP contribution in [0.3, 0.4) is 0 Å². The molecule has 0 aromatic heterocycles. The van der Waals surface area contributed by atoms with E-state index >= 15 is 4.11 Å². The Kier molecular flexibility index (Phi) is 8.04. The lowest BCUT2D eigenvalue weighted by Gasteiger charge is -2.31. The lowest BCUT2D eigenvalue weighted by molar-refractivity contribution is -0.149. The van der Waals surface area contributed by atoms with Crippen molar-refractivity contribution in [1.82, 2.24) is 4.90 Å². The topological polar surface area (TPSA) is 125 Å². The number of ether oxygens (including phenoxy) is 1. The predicted octanol–water partition coefficient (Wildman–Crippen LogP) is 5.35. The number of likely N-dealkylation sites (tertiary alicyclic amines) is 1. The van der Waals surface area contributed by atoms with Gasteiger partial charge in [0.25, 0.3) is 11.8 Å². The van der Waals surface area contributed by atoms with Crippen molar-refractivity contribution in [3.63, 3.8) is 0 Å². The molecule has 1 spiro atoms. The van der Waals surface area contributed by atoms with Crippen molar-refractivity contribution in [2.45, 2.75) is 62.6 Å². The zero-order valence-electron chi connectivity index (χ0n) is 25.7. The fraction of sp³-hybridized carbons (Fsp3) is 0.382. The van der Waals surface area contributed by atoms with Crippen molar-refractivity contribution in [3.8, 4) is 0 Å². The summed E-state index contributed by atoms with van der Waals surface area (Å²) in [4.78, 5) is 44.7. The zero-order chi connectivity index (χ0) is 32.1. The molecule has 3 aliphatic heterocycles. The van der Waals surface area contributed by atoms with Gasteiger partial charge < -0.3 is 29.9 Å². The fourth-order valence-electron chi connectivity index (χ4n) is 7.56. The second-order valence-corrected chi connectivity index (χ2v) is 16.6. The lowest BCUT2D eigenvalue weighted by Crippen LogP contribution is -2.44. The highest BCUT2D eigenvalue weighted by molar-refractivity contribution is 6.72. The molecule has 2 saturated heterocycles. The molecule has 3 aromatic carbocycles. The zero-order valence-corrected chi connectivity index (χ0v) is 26.7. The number of amides is 3. The molecule has 0 bridgehead atoms.